The van der Waals surface area contributed by atoms with Crippen LogP contribution in [-0.4, -0.2) is 20.6 Å². The number of aromatic nitrogens is 3. The Kier molecular flexibility index (Phi) is 3.08. The van der Waals surface area contributed by atoms with Gasteiger partial charge in [-0.2, -0.15) is 5.10 Å². The van der Waals surface area contributed by atoms with Crippen molar-refractivity contribution < 1.29 is 14.3 Å². The van der Waals surface area contributed by atoms with Gasteiger partial charge >= 0.3 is 5.97 Å². The molecule has 0 unspecified atom stereocenters. The highest BCUT2D eigenvalue weighted by atomic mass is 35.5. The Morgan fingerprint density at radius 2 is 1.95 bits per heavy atom. The average molecular weight is 292 g/mol. The van der Waals surface area contributed by atoms with E-state index >= 15 is 0 Å². The highest BCUT2D eigenvalue weighted by Gasteiger charge is 2.10. The minimum atomic E-state index is -1.03. The number of carbonyl (C=O) groups excluding carboxylic acids is 1. The van der Waals surface area contributed by atoms with E-state index in [1.165, 1.54) is 12.1 Å². The van der Waals surface area contributed by atoms with Gasteiger partial charge in [0.25, 0.3) is 0 Å². The van der Waals surface area contributed by atoms with Crippen LogP contribution in [-0.2, 0) is 4.94 Å². The summed E-state index contributed by atoms with van der Waals surface area (Å²) in [6.45, 7) is 0. The SMILES string of the molecule is O=C(OF)c1ccc(-c2cnc3ccc(Cl)nn23)cc1. The van der Waals surface area contributed by atoms with Gasteiger partial charge < -0.3 is 0 Å². The van der Waals surface area contributed by atoms with Crippen molar-refractivity contribution in [3.63, 3.8) is 0 Å². The van der Waals surface area contributed by atoms with Gasteiger partial charge in [-0.15, -0.1) is 0 Å². The number of hydrogen-bond donors (Lipinski definition) is 0. The molecule has 2 heterocycles. The van der Waals surface area contributed by atoms with Crippen molar-refractivity contribution in [3.05, 3.63) is 53.3 Å². The van der Waals surface area contributed by atoms with Crippen molar-refractivity contribution >= 4 is 23.2 Å². The first-order valence-corrected chi connectivity index (χ1v) is 6.00. The van der Waals surface area contributed by atoms with Crippen LogP contribution in [0.3, 0.4) is 0 Å². The van der Waals surface area contributed by atoms with Crippen molar-refractivity contribution in [2.75, 3.05) is 0 Å². The van der Waals surface area contributed by atoms with Gasteiger partial charge in [-0.05, 0) is 24.3 Å². The van der Waals surface area contributed by atoms with Crippen molar-refractivity contribution in [2.45, 2.75) is 0 Å². The number of halogens is 2. The number of nitrogens with zero attached hydrogens (tertiary/aromatic N) is 3. The van der Waals surface area contributed by atoms with Crippen molar-refractivity contribution in [3.8, 4) is 11.3 Å². The maximum atomic E-state index is 11.8. The summed E-state index contributed by atoms with van der Waals surface area (Å²) in [7, 11) is 0. The van der Waals surface area contributed by atoms with Crippen LogP contribution in [0.15, 0.2) is 42.6 Å². The lowest BCUT2D eigenvalue weighted by atomic mass is 10.1. The third-order valence-electron chi connectivity index (χ3n) is 2.82. The van der Waals surface area contributed by atoms with Crippen molar-refractivity contribution in [2.24, 2.45) is 0 Å². The summed E-state index contributed by atoms with van der Waals surface area (Å²) in [5.41, 5.74) is 2.25. The van der Waals surface area contributed by atoms with Gasteiger partial charge in [-0.25, -0.2) is 19.2 Å². The van der Waals surface area contributed by atoms with Crippen molar-refractivity contribution in [1.29, 1.82) is 0 Å². The normalized spacial score (nSPS) is 10.7. The highest BCUT2D eigenvalue weighted by Crippen LogP contribution is 2.21. The molecular formula is C13H7ClFN3O2. The number of fused-ring (bicyclic) bond motifs is 1. The van der Waals surface area contributed by atoms with Gasteiger partial charge in [0.05, 0.1) is 17.5 Å². The lowest BCUT2D eigenvalue weighted by molar-refractivity contribution is -0.0788. The second-order valence-corrected chi connectivity index (χ2v) is 4.40. The van der Waals surface area contributed by atoms with Gasteiger partial charge in [0.2, 0.25) is 0 Å². The summed E-state index contributed by atoms with van der Waals surface area (Å²) >= 11 is 5.86. The average Bonchev–Trinajstić information content (AvgIpc) is 2.89. The molecule has 7 heteroatoms. The van der Waals surface area contributed by atoms with E-state index < -0.39 is 5.97 Å². The van der Waals surface area contributed by atoms with Crippen LogP contribution in [0.1, 0.15) is 10.4 Å². The Bertz CT molecular complexity index is 786. The molecule has 0 atom stereocenters. The molecule has 0 aliphatic carbocycles. The van der Waals surface area contributed by atoms with Crippen LogP contribution in [0.4, 0.5) is 4.53 Å². The lowest BCUT2D eigenvalue weighted by Crippen LogP contribution is -1.98. The Morgan fingerprint density at radius 1 is 1.20 bits per heavy atom. The maximum Gasteiger partial charge on any atom is 0.379 e. The highest BCUT2D eigenvalue weighted by molar-refractivity contribution is 6.29. The molecule has 0 aliphatic heterocycles. The summed E-state index contributed by atoms with van der Waals surface area (Å²) in [4.78, 5) is 18.4. The Morgan fingerprint density at radius 3 is 2.65 bits per heavy atom. The van der Waals surface area contributed by atoms with Gasteiger partial charge in [0, 0.05) is 10.1 Å². The monoisotopic (exact) mass is 291 g/mol. The molecule has 0 aliphatic rings. The summed E-state index contributed by atoms with van der Waals surface area (Å²) in [5, 5.41) is 4.50. The van der Waals surface area contributed by atoms with Gasteiger partial charge in [-0.3, -0.25) is 0 Å². The van der Waals surface area contributed by atoms with Gasteiger partial charge in [-0.1, -0.05) is 23.7 Å². The molecule has 0 bridgehead atoms. The molecule has 100 valence electrons. The predicted molar refractivity (Wildman–Crippen MR) is 70.0 cm³/mol. The lowest BCUT2D eigenvalue weighted by Gasteiger charge is -2.02. The summed E-state index contributed by atoms with van der Waals surface area (Å²) in [6.07, 6.45) is 1.64. The zero-order valence-electron chi connectivity index (χ0n) is 9.96. The zero-order valence-corrected chi connectivity index (χ0v) is 10.7. The van der Waals surface area contributed by atoms with E-state index in [9.17, 15) is 9.32 Å². The van der Waals surface area contributed by atoms with Gasteiger partial charge in [0.1, 0.15) is 5.15 Å². The summed E-state index contributed by atoms with van der Waals surface area (Å²) < 4.78 is 13.4. The van der Waals surface area contributed by atoms with Crippen molar-refractivity contribution in [1.82, 2.24) is 14.6 Å². The second-order valence-electron chi connectivity index (χ2n) is 4.01. The van der Waals surface area contributed by atoms with E-state index in [4.69, 9.17) is 11.6 Å². The quantitative estimate of drug-likeness (QED) is 0.728. The maximum absolute atomic E-state index is 11.8. The second kappa shape index (κ2) is 4.90. The van der Waals surface area contributed by atoms with Crippen LogP contribution in [0.5, 0.6) is 0 Å². The largest absolute Gasteiger partial charge is 0.379 e. The van der Waals surface area contributed by atoms with E-state index in [0.717, 1.165) is 5.56 Å². The molecule has 0 saturated carbocycles. The molecule has 5 nitrogen and oxygen atoms in total. The minimum absolute atomic E-state index is 0.121. The van der Waals surface area contributed by atoms with E-state index in [1.54, 1.807) is 35.0 Å². The van der Waals surface area contributed by atoms with E-state index in [0.29, 0.717) is 16.5 Å². The third-order valence-corrected chi connectivity index (χ3v) is 3.02. The first-order valence-electron chi connectivity index (χ1n) is 5.62. The molecule has 0 radical (unpaired) electrons. The smallest absolute Gasteiger partial charge is 0.249 e. The number of rotatable bonds is 2. The molecule has 0 N–H and O–H groups in total. The van der Waals surface area contributed by atoms with E-state index in [1.807, 2.05) is 0 Å². The molecule has 0 amide bonds. The fourth-order valence-corrected chi connectivity index (χ4v) is 2.01. The molecule has 0 spiro atoms. The summed E-state index contributed by atoms with van der Waals surface area (Å²) in [5.74, 6) is -1.03. The Labute approximate surface area is 117 Å². The Balaban J connectivity index is 2.07. The first kappa shape index (κ1) is 12.6. The molecule has 1 aromatic carbocycles. The molecule has 0 fully saturated rings. The molecule has 3 aromatic rings. The fraction of sp³-hybridized carbons (Fsp3) is 0. The number of benzene rings is 1. The molecule has 3 rings (SSSR count). The summed E-state index contributed by atoms with van der Waals surface area (Å²) in [6, 6.07) is 9.61. The topological polar surface area (TPSA) is 56.5 Å². The van der Waals surface area contributed by atoms with Crippen LogP contribution in [0.25, 0.3) is 16.9 Å². The zero-order chi connectivity index (χ0) is 14.1. The molecule has 0 saturated heterocycles. The standard InChI is InChI=1S/C13H7ClFN3O2/c14-11-5-6-12-16-7-10(18(12)17-11)8-1-3-9(4-2-8)13(19)20-15/h1-7H. The van der Waals surface area contributed by atoms with Crippen LogP contribution in [0.2, 0.25) is 5.15 Å². The fourth-order valence-electron chi connectivity index (χ4n) is 1.87. The number of carbonyl (C=O) groups is 1. The van der Waals surface area contributed by atoms with Crippen LogP contribution in [0, 0.1) is 0 Å². The predicted octanol–water partition coefficient (Wildman–Crippen LogP) is 3.09. The van der Waals surface area contributed by atoms with Crippen LogP contribution >= 0.6 is 11.6 Å². The van der Waals surface area contributed by atoms with Gasteiger partial charge in [0.15, 0.2) is 5.65 Å². The Hall–Kier alpha value is -2.47. The first-order chi connectivity index (χ1) is 9.69. The number of hydrogen-bond acceptors (Lipinski definition) is 4. The number of imidazole rings is 1. The minimum Gasteiger partial charge on any atom is -0.249 e. The molecule has 20 heavy (non-hydrogen) atoms. The third kappa shape index (κ3) is 2.10. The molecular weight excluding hydrogens is 285 g/mol. The van der Waals surface area contributed by atoms with Crippen LogP contribution < -0.4 is 0 Å². The van der Waals surface area contributed by atoms with E-state index in [2.05, 4.69) is 15.0 Å². The van der Waals surface area contributed by atoms with E-state index in [-0.39, 0.29) is 5.56 Å². The molecule has 2 aromatic heterocycles.